The normalized spacial score (nSPS) is 17.9. The van der Waals surface area contributed by atoms with Gasteiger partial charge in [0.15, 0.2) is 0 Å². The summed E-state index contributed by atoms with van der Waals surface area (Å²) in [6.45, 7) is 7.13. The lowest BCUT2D eigenvalue weighted by Gasteiger charge is -2.40. The van der Waals surface area contributed by atoms with E-state index >= 15 is 0 Å². The number of carbonyl (C=O) groups excluding carboxylic acids is 2. The summed E-state index contributed by atoms with van der Waals surface area (Å²) in [5.74, 6) is -0.389. The fourth-order valence-corrected chi connectivity index (χ4v) is 6.79. The van der Waals surface area contributed by atoms with Crippen molar-refractivity contribution in [1.82, 2.24) is 20.3 Å². The molecule has 0 aromatic heterocycles. The molecule has 9 nitrogen and oxygen atoms in total. The van der Waals surface area contributed by atoms with Crippen molar-refractivity contribution in [3.8, 4) is 0 Å². The van der Waals surface area contributed by atoms with E-state index in [2.05, 4.69) is 16.0 Å². The first-order valence-corrected chi connectivity index (χ1v) is 15.6. The highest BCUT2D eigenvalue weighted by atomic mass is 32.2. The van der Waals surface area contributed by atoms with Crippen LogP contribution in [0.4, 0.5) is 0 Å². The van der Waals surface area contributed by atoms with Gasteiger partial charge >= 0.3 is 0 Å². The molecule has 3 atom stereocenters. The molecule has 1 aliphatic heterocycles. The number of sulfonamides is 1. The molecule has 0 saturated carbocycles. The molecule has 1 fully saturated rings. The summed E-state index contributed by atoms with van der Waals surface area (Å²) in [5, 5.41) is 21.0. The SMILES string of the molecule is CC(C)CN(C(O)(CCNC(=O)CC(C)CNC(=O)C1CCCN1)Cc1ccccc1)S(=O)(=O)c1ccccc1. The van der Waals surface area contributed by atoms with Crippen molar-refractivity contribution >= 4 is 21.8 Å². The van der Waals surface area contributed by atoms with Crippen molar-refractivity contribution in [1.29, 1.82) is 0 Å². The van der Waals surface area contributed by atoms with Crippen LogP contribution in [0.5, 0.6) is 0 Å². The Balaban J connectivity index is 1.69. The molecule has 1 heterocycles. The average molecular weight is 573 g/mol. The van der Waals surface area contributed by atoms with Gasteiger partial charge in [-0.25, -0.2) is 8.42 Å². The minimum Gasteiger partial charge on any atom is -0.374 e. The molecule has 2 amide bonds. The molecule has 40 heavy (non-hydrogen) atoms. The maximum absolute atomic E-state index is 13.8. The average Bonchev–Trinajstić information content (AvgIpc) is 3.46. The lowest BCUT2D eigenvalue weighted by atomic mass is 9.98. The quantitative estimate of drug-likeness (QED) is 0.243. The van der Waals surface area contributed by atoms with Gasteiger partial charge in [-0.3, -0.25) is 9.59 Å². The minimum absolute atomic E-state index is 0.00485. The number of aliphatic hydroxyl groups is 1. The number of benzene rings is 2. The first-order valence-electron chi connectivity index (χ1n) is 14.1. The van der Waals surface area contributed by atoms with Crippen LogP contribution >= 0.6 is 0 Å². The Labute approximate surface area is 238 Å². The van der Waals surface area contributed by atoms with Gasteiger partial charge in [0.2, 0.25) is 21.8 Å². The van der Waals surface area contributed by atoms with Crippen LogP contribution in [-0.2, 0) is 26.0 Å². The molecule has 0 bridgehead atoms. The van der Waals surface area contributed by atoms with Crippen molar-refractivity contribution < 1.29 is 23.1 Å². The number of hydrogen-bond acceptors (Lipinski definition) is 6. The number of carbonyl (C=O) groups is 2. The van der Waals surface area contributed by atoms with Crippen LogP contribution in [0.15, 0.2) is 65.6 Å². The number of rotatable bonds is 15. The lowest BCUT2D eigenvalue weighted by Crippen LogP contribution is -2.55. The number of amides is 2. The van der Waals surface area contributed by atoms with Crippen LogP contribution in [0.1, 0.15) is 52.0 Å². The Morgan fingerprint density at radius 2 is 1.70 bits per heavy atom. The Bertz CT molecular complexity index is 1190. The van der Waals surface area contributed by atoms with Gasteiger partial charge in [-0.2, -0.15) is 4.31 Å². The maximum atomic E-state index is 13.8. The molecular formula is C30H44N4O5S. The summed E-state index contributed by atoms with van der Waals surface area (Å²) < 4.78 is 28.8. The Kier molecular flexibility index (Phi) is 11.7. The highest BCUT2D eigenvalue weighted by Gasteiger charge is 2.43. The molecule has 220 valence electrons. The zero-order valence-corrected chi connectivity index (χ0v) is 24.6. The van der Waals surface area contributed by atoms with E-state index in [1.54, 1.807) is 18.2 Å². The first kappa shape index (κ1) is 31.7. The van der Waals surface area contributed by atoms with Crippen LogP contribution in [0, 0.1) is 11.8 Å². The van der Waals surface area contributed by atoms with Gasteiger partial charge in [-0.05, 0) is 48.9 Å². The van der Waals surface area contributed by atoms with Crippen molar-refractivity contribution in [2.75, 3.05) is 26.2 Å². The number of nitrogens with zero attached hydrogens (tertiary/aromatic N) is 1. The fourth-order valence-electron chi connectivity index (χ4n) is 4.94. The molecule has 4 N–H and O–H groups in total. The third-order valence-corrected chi connectivity index (χ3v) is 8.98. The molecule has 10 heteroatoms. The van der Waals surface area contributed by atoms with Crippen LogP contribution in [0.3, 0.4) is 0 Å². The van der Waals surface area contributed by atoms with E-state index in [1.165, 1.54) is 16.4 Å². The molecule has 2 aromatic carbocycles. The summed E-state index contributed by atoms with van der Waals surface area (Å²) in [5.41, 5.74) is -0.990. The number of hydrogen-bond donors (Lipinski definition) is 4. The van der Waals surface area contributed by atoms with Crippen molar-refractivity contribution in [2.45, 2.75) is 69.5 Å². The molecule has 3 rings (SSSR count). The molecular weight excluding hydrogens is 528 g/mol. The second kappa shape index (κ2) is 14.7. The summed E-state index contributed by atoms with van der Waals surface area (Å²) >= 11 is 0. The van der Waals surface area contributed by atoms with Gasteiger partial charge in [0.1, 0.15) is 5.72 Å². The van der Waals surface area contributed by atoms with Crippen LogP contribution in [0.25, 0.3) is 0 Å². The summed E-state index contributed by atoms with van der Waals surface area (Å²) in [6, 6.07) is 17.2. The maximum Gasteiger partial charge on any atom is 0.245 e. The van der Waals surface area contributed by atoms with E-state index in [9.17, 15) is 23.1 Å². The van der Waals surface area contributed by atoms with Crippen molar-refractivity contribution in [3.63, 3.8) is 0 Å². The topological polar surface area (TPSA) is 128 Å². The van der Waals surface area contributed by atoms with Crippen LogP contribution in [0.2, 0.25) is 0 Å². The molecule has 0 spiro atoms. The molecule has 3 unspecified atom stereocenters. The number of nitrogens with one attached hydrogen (secondary N) is 3. The van der Waals surface area contributed by atoms with Crippen molar-refractivity contribution in [2.24, 2.45) is 11.8 Å². The Morgan fingerprint density at radius 3 is 2.30 bits per heavy atom. The van der Waals surface area contributed by atoms with Gasteiger partial charge in [0.25, 0.3) is 0 Å². The monoisotopic (exact) mass is 572 g/mol. The smallest absolute Gasteiger partial charge is 0.245 e. The van der Waals surface area contributed by atoms with E-state index in [1.807, 2.05) is 51.1 Å². The van der Waals surface area contributed by atoms with E-state index in [0.717, 1.165) is 24.9 Å². The standard InChI is InChI=1S/C30H44N4O5S/c1-23(2)22-34(40(38,39)26-13-8-5-9-14-26)30(37,20-25-11-6-4-7-12-25)16-18-32-28(35)19-24(3)21-33-29(36)27-15-10-17-31-27/h4-9,11-14,23-24,27,31,37H,10,15-22H2,1-3H3,(H,32,35)(H,33,36). The molecule has 1 saturated heterocycles. The van der Waals surface area contributed by atoms with Crippen LogP contribution < -0.4 is 16.0 Å². The van der Waals surface area contributed by atoms with E-state index in [0.29, 0.717) is 6.54 Å². The molecule has 2 aromatic rings. The predicted molar refractivity (Wildman–Crippen MR) is 156 cm³/mol. The Morgan fingerprint density at radius 1 is 1.05 bits per heavy atom. The van der Waals surface area contributed by atoms with Gasteiger partial charge in [0, 0.05) is 38.9 Å². The van der Waals surface area contributed by atoms with E-state index in [4.69, 9.17) is 0 Å². The highest BCUT2D eigenvalue weighted by molar-refractivity contribution is 7.89. The third kappa shape index (κ3) is 9.12. The van der Waals surface area contributed by atoms with Crippen molar-refractivity contribution in [3.05, 3.63) is 66.2 Å². The largest absolute Gasteiger partial charge is 0.374 e. The second-order valence-corrected chi connectivity index (χ2v) is 13.1. The van der Waals surface area contributed by atoms with E-state index < -0.39 is 15.7 Å². The summed E-state index contributed by atoms with van der Waals surface area (Å²) in [6.07, 6.45) is 2.08. The highest BCUT2D eigenvalue weighted by Crippen LogP contribution is 2.30. The molecule has 0 radical (unpaired) electrons. The van der Waals surface area contributed by atoms with Gasteiger partial charge in [-0.15, -0.1) is 0 Å². The van der Waals surface area contributed by atoms with Crippen LogP contribution in [-0.4, -0.2) is 67.6 Å². The molecule has 0 aliphatic carbocycles. The van der Waals surface area contributed by atoms with Gasteiger partial charge in [0.05, 0.1) is 10.9 Å². The van der Waals surface area contributed by atoms with Gasteiger partial charge < -0.3 is 21.1 Å². The predicted octanol–water partition coefficient (Wildman–Crippen LogP) is 2.67. The van der Waals surface area contributed by atoms with E-state index in [-0.39, 0.29) is 66.9 Å². The summed E-state index contributed by atoms with van der Waals surface area (Å²) in [4.78, 5) is 25.1. The zero-order chi connectivity index (χ0) is 29.2. The first-order chi connectivity index (χ1) is 19.0. The lowest BCUT2D eigenvalue weighted by molar-refractivity contribution is -0.125. The summed E-state index contributed by atoms with van der Waals surface area (Å²) in [7, 11) is -4.04. The second-order valence-electron chi connectivity index (χ2n) is 11.2. The third-order valence-electron chi connectivity index (χ3n) is 7.04. The minimum atomic E-state index is -4.04. The Hall–Kier alpha value is -2.79. The zero-order valence-electron chi connectivity index (χ0n) is 23.8. The van der Waals surface area contributed by atoms with Gasteiger partial charge in [-0.1, -0.05) is 69.3 Å². The molecule has 1 aliphatic rings. The fraction of sp³-hybridized carbons (Fsp3) is 0.533.